The molecule has 4 fully saturated rings. The zero-order valence-electron chi connectivity index (χ0n) is 13.3. The number of nitrogens with one attached hydrogen (secondary N) is 1. The number of nitrogens with zero attached hydrogens (tertiary/aromatic N) is 1. The van der Waals surface area contributed by atoms with Crippen molar-refractivity contribution < 1.29 is 0 Å². The molecule has 0 aromatic rings. The molecule has 3 unspecified atom stereocenters. The third-order valence-corrected chi connectivity index (χ3v) is 7.52. The van der Waals surface area contributed by atoms with Crippen molar-refractivity contribution in [1.29, 1.82) is 0 Å². The third-order valence-electron chi connectivity index (χ3n) is 7.52. The lowest BCUT2D eigenvalue weighted by molar-refractivity contribution is 0.0462. The van der Waals surface area contributed by atoms with E-state index in [-0.39, 0.29) is 0 Å². The molecule has 2 saturated heterocycles. The molecular formula is C18H32N2. The van der Waals surface area contributed by atoms with Crippen LogP contribution in [0.4, 0.5) is 0 Å². The summed E-state index contributed by atoms with van der Waals surface area (Å²) in [5, 5.41) is 3.81. The Kier molecular flexibility index (Phi) is 3.38. The van der Waals surface area contributed by atoms with Crippen LogP contribution in [0.25, 0.3) is 0 Å². The summed E-state index contributed by atoms with van der Waals surface area (Å²) in [6.45, 7) is 5.41. The van der Waals surface area contributed by atoms with Gasteiger partial charge >= 0.3 is 0 Å². The molecule has 114 valence electrons. The van der Waals surface area contributed by atoms with Gasteiger partial charge in [0.05, 0.1) is 0 Å². The van der Waals surface area contributed by atoms with Gasteiger partial charge in [-0.1, -0.05) is 25.7 Å². The first-order valence-corrected chi connectivity index (χ1v) is 9.14. The van der Waals surface area contributed by atoms with Gasteiger partial charge in [-0.15, -0.1) is 0 Å². The van der Waals surface area contributed by atoms with Gasteiger partial charge in [-0.2, -0.15) is 0 Å². The molecule has 2 aliphatic carbocycles. The molecule has 0 bridgehead atoms. The summed E-state index contributed by atoms with van der Waals surface area (Å²) in [6.07, 6.45) is 13.6. The van der Waals surface area contributed by atoms with Crippen molar-refractivity contribution in [1.82, 2.24) is 10.2 Å². The van der Waals surface area contributed by atoms with Crippen molar-refractivity contribution in [3.8, 4) is 0 Å². The predicted molar refractivity (Wildman–Crippen MR) is 83.8 cm³/mol. The van der Waals surface area contributed by atoms with Gasteiger partial charge in [0.2, 0.25) is 0 Å². The molecular weight excluding hydrogens is 244 g/mol. The molecule has 0 aromatic heterocycles. The van der Waals surface area contributed by atoms with E-state index in [0.29, 0.717) is 10.8 Å². The second-order valence-electron chi connectivity index (χ2n) is 8.51. The van der Waals surface area contributed by atoms with Crippen molar-refractivity contribution in [2.45, 2.75) is 57.8 Å². The fourth-order valence-corrected chi connectivity index (χ4v) is 6.61. The lowest BCUT2D eigenvalue weighted by Gasteiger charge is -2.45. The minimum Gasteiger partial charge on any atom is -0.316 e. The minimum atomic E-state index is 0.696. The van der Waals surface area contributed by atoms with Crippen molar-refractivity contribution >= 4 is 0 Å². The number of likely N-dealkylation sites (tertiary alicyclic amines) is 1. The van der Waals surface area contributed by atoms with Crippen LogP contribution in [0.2, 0.25) is 0 Å². The van der Waals surface area contributed by atoms with E-state index in [0.717, 1.165) is 11.8 Å². The lowest BCUT2D eigenvalue weighted by atomic mass is 9.59. The second-order valence-corrected chi connectivity index (χ2v) is 8.51. The average molecular weight is 276 g/mol. The second kappa shape index (κ2) is 4.98. The Bertz CT molecular complexity index is 341. The lowest BCUT2D eigenvalue weighted by Crippen LogP contribution is -2.42. The van der Waals surface area contributed by atoms with Crippen molar-refractivity contribution in [3.05, 3.63) is 0 Å². The number of hydrogen-bond donors (Lipinski definition) is 1. The molecule has 0 radical (unpaired) electrons. The fourth-order valence-electron chi connectivity index (χ4n) is 6.61. The monoisotopic (exact) mass is 276 g/mol. The summed E-state index contributed by atoms with van der Waals surface area (Å²) in [5.74, 6) is 2.03. The standard InChI is InChI=1S/C18H32N2/c1-20-11-10-18(14-20)9-5-6-15(18)16-12-19-13-17(16)7-3-2-4-8-17/h15-16,19H,2-14H2,1H3. The smallest absolute Gasteiger partial charge is 0.00382 e. The van der Waals surface area contributed by atoms with Crippen LogP contribution >= 0.6 is 0 Å². The third kappa shape index (κ3) is 1.98. The van der Waals surface area contributed by atoms with E-state index in [9.17, 15) is 0 Å². The molecule has 4 aliphatic rings. The maximum absolute atomic E-state index is 3.81. The summed E-state index contributed by atoms with van der Waals surface area (Å²) in [5.41, 5.74) is 1.40. The summed E-state index contributed by atoms with van der Waals surface area (Å²) < 4.78 is 0. The predicted octanol–water partition coefficient (Wildman–Crippen LogP) is 3.28. The molecule has 20 heavy (non-hydrogen) atoms. The van der Waals surface area contributed by atoms with Crippen molar-refractivity contribution in [2.75, 3.05) is 33.2 Å². The molecule has 2 heteroatoms. The van der Waals surface area contributed by atoms with Crippen LogP contribution in [0.1, 0.15) is 57.8 Å². The van der Waals surface area contributed by atoms with E-state index in [1.54, 1.807) is 0 Å². The Morgan fingerprint density at radius 3 is 2.45 bits per heavy atom. The largest absolute Gasteiger partial charge is 0.316 e. The Morgan fingerprint density at radius 1 is 0.900 bits per heavy atom. The van der Waals surface area contributed by atoms with E-state index >= 15 is 0 Å². The molecule has 4 rings (SSSR count). The summed E-state index contributed by atoms with van der Waals surface area (Å²) in [6, 6.07) is 0. The van der Waals surface area contributed by atoms with E-state index in [4.69, 9.17) is 0 Å². The van der Waals surface area contributed by atoms with Crippen LogP contribution in [0.15, 0.2) is 0 Å². The van der Waals surface area contributed by atoms with Gasteiger partial charge in [0.1, 0.15) is 0 Å². The first kappa shape index (κ1) is 13.6. The Morgan fingerprint density at radius 2 is 1.70 bits per heavy atom. The highest BCUT2D eigenvalue weighted by molar-refractivity contribution is 5.07. The minimum absolute atomic E-state index is 0.696. The van der Waals surface area contributed by atoms with Gasteiger partial charge in [0.15, 0.2) is 0 Å². The normalized spacial score (nSPS) is 44.9. The van der Waals surface area contributed by atoms with Gasteiger partial charge in [-0.25, -0.2) is 0 Å². The highest BCUT2D eigenvalue weighted by Gasteiger charge is 2.55. The topological polar surface area (TPSA) is 15.3 Å². The van der Waals surface area contributed by atoms with Crippen LogP contribution in [-0.4, -0.2) is 38.1 Å². The van der Waals surface area contributed by atoms with Crippen LogP contribution in [0.5, 0.6) is 0 Å². The first-order valence-electron chi connectivity index (χ1n) is 9.14. The Hall–Kier alpha value is -0.0800. The molecule has 0 aromatic carbocycles. The first-order chi connectivity index (χ1) is 9.74. The van der Waals surface area contributed by atoms with Crippen molar-refractivity contribution in [3.63, 3.8) is 0 Å². The average Bonchev–Trinajstić information content (AvgIpc) is 3.13. The summed E-state index contributed by atoms with van der Waals surface area (Å²) >= 11 is 0. The van der Waals surface area contributed by atoms with Gasteiger partial charge < -0.3 is 10.2 Å². The van der Waals surface area contributed by atoms with Gasteiger partial charge in [0, 0.05) is 13.1 Å². The zero-order chi connectivity index (χ0) is 13.6. The number of hydrogen-bond acceptors (Lipinski definition) is 2. The van der Waals surface area contributed by atoms with Gasteiger partial charge in [0.25, 0.3) is 0 Å². The number of rotatable bonds is 1. The summed E-state index contributed by atoms with van der Waals surface area (Å²) in [7, 11) is 2.34. The van der Waals surface area contributed by atoms with Crippen molar-refractivity contribution in [2.24, 2.45) is 22.7 Å². The SMILES string of the molecule is CN1CCC2(CCCC2C2CNCC23CCCCC3)C1. The maximum atomic E-state index is 3.81. The Balaban J connectivity index is 1.59. The van der Waals surface area contributed by atoms with E-state index in [1.165, 1.54) is 84.0 Å². The molecule has 0 amide bonds. The van der Waals surface area contributed by atoms with Gasteiger partial charge in [-0.05, 0) is 74.9 Å². The molecule has 2 saturated carbocycles. The molecule has 2 spiro atoms. The molecule has 2 nitrogen and oxygen atoms in total. The highest BCUT2D eigenvalue weighted by atomic mass is 15.1. The van der Waals surface area contributed by atoms with Crippen LogP contribution in [0.3, 0.4) is 0 Å². The van der Waals surface area contributed by atoms with E-state index < -0.39 is 0 Å². The van der Waals surface area contributed by atoms with Crippen LogP contribution in [0, 0.1) is 22.7 Å². The molecule has 2 heterocycles. The van der Waals surface area contributed by atoms with Crippen LogP contribution in [-0.2, 0) is 0 Å². The Labute approximate surface area is 124 Å². The molecule has 1 N–H and O–H groups in total. The zero-order valence-corrected chi connectivity index (χ0v) is 13.3. The van der Waals surface area contributed by atoms with E-state index in [2.05, 4.69) is 17.3 Å². The maximum Gasteiger partial charge on any atom is 0.00382 e. The summed E-state index contributed by atoms with van der Waals surface area (Å²) in [4.78, 5) is 2.61. The van der Waals surface area contributed by atoms with Crippen LogP contribution < -0.4 is 5.32 Å². The quantitative estimate of drug-likeness (QED) is 0.790. The molecule has 2 aliphatic heterocycles. The van der Waals surface area contributed by atoms with Gasteiger partial charge in [-0.3, -0.25) is 0 Å². The fraction of sp³-hybridized carbons (Fsp3) is 1.00. The molecule has 3 atom stereocenters. The van der Waals surface area contributed by atoms with E-state index in [1.807, 2.05) is 0 Å². The highest BCUT2D eigenvalue weighted by Crippen LogP contribution is 2.59.